The van der Waals surface area contributed by atoms with Gasteiger partial charge in [0.25, 0.3) is 0 Å². The van der Waals surface area contributed by atoms with Crippen LogP contribution >= 0.6 is 15.9 Å². The van der Waals surface area contributed by atoms with E-state index in [9.17, 15) is 14.7 Å². The van der Waals surface area contributed by atoms with Crippen LogP contribution in [0.15, 0.2) is 51.7 Å². The lowest BCUT2D eigenvalue weighted by atomic mass is 10.1. The van der Waals surface area contributed by atoms with E-state index in [4.69, 9.17) is 9.47 Å². The van der Waals surface area contributed by atoms with Crippen LogP contribution in [0.25, 0.3) is 6.08 Å². The summed E-state index contributed by atoms with van der Waals surface area (Å²) in [5.41, 5.74) is 0.0133. The van der Waals surface area contributed by atoms with Gasteiger partial charge in [0.15, 0.2) is 23.0 Å². The zero-order valence-corrected chi connectivity index (χ0v) is 14.7. The van der Waals surface area contributed by atoms with E-state index in [-0.39, 0.29) is 5.56 Å². The molecule has 0 unspecified atom stereocenters. The number of halogens is 1. The lowest BCUT2D eigenvalue weighted by Crippen LogP contribution is -2.01. The normalized spacial score (nSPS) is 10.6. The SMILES string of the molecule is COc1ccc(/C=C\C(=O)c2cc(Br)ccc(=O)c2O)cc1OC. The summed E-state index contributed by atoms with van der Waals surface area (Å²) < 4.78 is 10.9. The molecule has 0 atom stereocenters. The molecule has 0 heterocycles. The first kappa shape index (κ1) is 17.7. The van der Waals surface area contributed by atoms with Crippen LogP contribution in [0.3, 0.4) is 0 Å². The highest BCUT2D eigenvalue weighted by Crippen LogP contribution is 2.28. The lowest BCUT2D eigenvalue weighted by Gasteiger charge is -2.07. The first-order valence-electron chi connectivity index (χ1n) is 6.93. The van der Waals surface area contributed by atoms with Crippen LogP contribution in [0.2, 0.25) is 0 Å². The summed E-state index contributed by atoms with van der Waals surface area (Å²) in [5.74, 6) is 0.0400. The van der Waals surface area contributed by atoms with E-state index in [0.717, 1.165) is 0 Å². The third-order valence-electron chi connectivity index (χ3n) is 3.26. The van der Waals surface area contributed by atoms with Gasteiger partial charge in [-0.25, -0.2) is 0 Å². The topological polar surface area (TPSA) is 72.8 Å². The second-order valence-corrected chi connectivity index (χ2v) is 5.72. The fourth-order valence-electron chi connectivity index (χ4n) is 2.03. The van der Waals surface area contributed by atoms with E-state index in [0.29, 0.717) is 21.5 Å². The third-order valence-corrected chi connectivity index (χ3v) is 3.76. The zero-order chi connectivity index (χ0) is 17.7. The molecule has 2 aromatic rings. The Bertz CT molecular complexity index is 858. The summed E-state index contributed by atoms with van der Waals surface area (Å²) in [7, 11) is 3.05. The quantitative estimate of drug-likeness (QED) is 0.625. The van der Waals surface area contributed by atoms with Gasteiger partial charge in [0.2, 0.25) is 5.43 Å². The Labute approximate surface area is 147 Å². The fourth-order valence-corrected chi connectivity index (χ4v) is 2.39. The molecule has 0 aliphatic heterocycles. The summed E-state index contributed by atoms with van der Waals surface area (Å²) in [5, 5.41) is 9.88. The van der Waals surface area contributed by atoms with E-state index in [1.54, 1.807) is 24.3 Å². The third kappa shape index (κ3) is 4.02. The van der Waals surface area contributed by atoms with Crippen molar-refractivity contribution >= 4 is 27.8 Å². The number of methoxy groups -OCH3 is 2. The van der Waals surface area contributed by atoms with Gasteiger partial charge in [0, 0.05) is 4.47 Å². The number of hydrogen-bond acceptors (Lipinski definition) is 5. The number of allylic oxidation sites excluding steroid dienone is 1. The molecule has 0 bridgehead atoms. The fraction of sp³-hybridized carbons (Fsp3) is 0.111. The predicted molar refractivity (Wildman–Crippen MR) is 95.0 cm³/mol. The Morgan fingerprint density at radius 1 is 1.08 bits per heavy atom. The summed E-state index contributed by atoms with van der Waals surface area (Å²) in [4.78, 5) is 23.9. The van der Waals surface area contributed by atoms with Crippen molar-refractivity contribution < 1.29 is 19.4 Å². The van der Waals surface area contributed by atoms with Crippen molar-refractivity contribution in [1.82, 2.24) is 0 Å². The molecule has 0 amide bonds. The molecule has 5 nitrogen and oxygen atoms in total. The number of carbonyl (C=O) groups excluding carboxylic acids is 1. The minimum absolute atomic E-state index is 0.0754. The van der Waals surface area contributed by atoms with Crippen LogP contribution in [0.5, 0.6) is 17.2 Å². The Morgan fingerprint density at radius 3 is 2.46 bits per heavy atom. The molecule has 6 heteroatoms. The van der Waals surface area contributed by atoms with Crippen LogP contribution < -0.4 is 14.9 Å². The van der Waals surface area contributed by atoms with Crippen molar-refractivity contribution in [1.29, 1.82) is 0 Å². The monoisotopic (exact) mass is 390 g/mol. The second-order valence-electron chi connectivity index (χ2n) is 4.80. The maximum atomic E-state index is 12.3. The van der Waals surface area contributed by atoms with Gasteiger partial charge in [0.05, 0.1) is 19.8 Å². The van der Waals surface area contributed by atoms with Crippen LogP contribution in [0.1, 0.15) is 15.9 Å². The Balaban J connectivity index is 2.35. The molecule has 0 spiro atoms. The van der Waals surface area contributed by atoms with Crippen molar-refractivity contribution in [3.63, 3.8) is 0 Å². The van der Waals surface area contributed by atoms with E-state index < -0.39 is 17.0 Å². The molecule has 2 rings (SSSR count). The summed E-state index contributed by atoms with van der Waals surface area (Å²) in [6.07, 6.45) is 2.84. The molecule has 2 aromatic carbocycles. The molecule has 124 valence electrons. The van der Waals surface area contributed by atoms with Crippen molar-refractivity contribution in [3.8, 4) is 17.2 Å². The van der Waals surface area contributed by atoms with Gasteiger partial charge < -0.3 is 14.6 Å². The number of benzene rings is 1. The van der Waals surface area contributed by atoms with Crippen molar-refractivity contribution in [2.45, 2.75) is 0 Å². The standard InChI is InChI=1S/C18H15BrO5/c1-23-16-8-4-11(9-17(16)24-2)3-6-14(20)13-10-12(19)5-7-15(21)18(13)22/h3-10H,1-2H3,(H,21,22)/b6-3-. The maximum absolute atomic E-state index is 12.3. The largest absolute Gasteiger partial charge is 0.504 e. The molecule has 0 aliphatic rings. The number of carbonyl (C=O) groups is 1. The number of ether oxygens (including phenoxy) is 2. The van der Waals surface area contributed by atoms with Gasteiger partial charge in [-0.3, -0.25) is 9.59 Å². The highest BCUT2D eigenvalue weighted by Gasteiger charge is 2.11. The summed E-state index contributed by atoms with van der Waals surface area (Å²) in [6.45, 7) is 0. The number of rotatable bonds is 5. The Kier molecular flexibility index (Phi) is 5.76. The smallest absolute Gasteiger partial charge is 0.220 e. The Hall–Kier alpha value is -2.60. The average Bonchev–Trinajstić information content (AvgIpc) is 2.72. The van der Waals surface area contributed by atoms with E-state index in [1.807, 2.05) is 0 Å². The first-order valence-corrected chi connectivity index (χ1v) is 7.73. The maximum Gasteiger partial charge on any atom is 0.220 e. The molecule has 0 fully saturated rings. The van der Waals surface area contributed by atoms with Gasteiger partial charge >= 0.3 is 0 Å². The molecule has 0 radical (unpaired) electrons. The number of aromatic hydroxyl groups is 1. The van der Waals surface area contributed by atoms with Crippen molar-refractivity contribution in [2.24, 2.45) is 0 Å². The predicted octanol–water partition coefficient (Wildman–Crippen LogP) is 3.43. The highest BCUT2D eigenvalue weighted by atomic mass is 79.9. The zero-order valence-electron chi connectivity index (χ0n) is 13.1. The van der Waals surface area contributed by atoms with Gasteiger partial charge in [0.1, 0.15) is 0 Å². The van der Waals surface area contributed by atoms with Gasteiger partial charge in [-0.2, -0.15) is 0 Å². The van der Waals surface area contributed by atoms with E-state index >= 15 is 0 Å². The molecule has 0 saturated carbocycles. The second kappa shape index (κ2) is 7.79. The summed E-state index contributed by atoms with van der Waals surface area (Å²) >= 11 is 3.20. The molecule has 0 saturated heterocycles. The van der Waals surface area contributed by atoms with Crippen LogP contribution in [-0.2, 0) is 0 Å². The van der Waals surface area contributed by atoms with E-state index in [1.165, 1.54) is 38.5 Å². The lowest BCUT2D eigenvalue weighted by molar-refractivity contribution is 0.104. The molecule has 0 aromatic heterocycles. The summed E-state index contributed by atoms with van der Waals surface area (Å²) in [6, 6.07) is 9.24. The molecule has 1 N–H and O–H groups in total. The molecular formula is C18H15BrO5. The van der Waals surface area contributed by atoms with Crippen molar-refractivity contribution in [2.75, 3.05) is 14.2 Å². The van der Waals surface area contributed by atoms with Crippen LogP contribution in [0.4, 0.5) is 0 Å². The number of ketones is 1. The van der Waals surface area contributed by atoms with Gasteiger partial charge in [-0.05, 0) is 42.0 Å². The molecule has 24 heavy (non-hydrogen) atoms. The van der Waals surface area contributed by atoms with Crippen molar-refractivity contribution in [3.05, 3.63) is 68.3 Å². The van der Waals surface area contributed by atoms with Gasteiger partial charge in [-0.1, -0.05) is 28.1 Å². The molecular weight excluding hydrogens is 376 g/mol. The minimum atomic E-state index is -0.622. The van der Waals surface area contributed by atoms with Crippen LogP contribution in [-0.4, -0.2) is 25.1 Å². The number of hydrogen-bond donors (Lipinski definition) is 1. The molecule has 0 aliphatic carbocycles. The first-order chi connectivity index (χ1) is 11.5. The van der Waals surface area contributed by atoms with Crippen LogP contribution in [0, 0.1) is 0 Å². The Morgan fingerprint density at radius 2 is 1.79 bits per heavy atom. The minimum Gasteiger partial charge on any atom is -0.504 e. The highest BCUT2D eigenvalue weighted by molar-refractivity contribution is 9.10. The van der Waals surface area contributed by atoms with E-state index in [2.05, 4.69) is 15.9 Å². The van der Waals surface area contributed by atoms with Gasteiger partial charge in [-0.15, -0.1) is 0 Å². The average molecular weight is 391 g/mol.